The molecule has 0 bridgehead atoms. The van der Waals surface area contributed by atoms with Gasteiger partial charge in [-0.15, -0.1) is 0 Å². The van der Waals surface area contributed by atoms with Gasteiger partial charge in [-0.05, 0) is 24.7 Å². The maximum absolute atomic E-state index is 10.9. The third-order valence-electron chi connectivity index (χ3n) is 2.01. The molecular weight excluding hydrogens is 216 g/mol. The highest BCUT2D eigenvalue weighted by atomic mass is 32.2. The second kappa shape index (κ2) is 4.71. The van der Waals surface area contributed by atoms with Gasteiger partial charge in [-0.25, -0.2) is 13.6 Å². The summed E-state index contributed by atoms with van der Waals surface area (Å²) in [5.41, 5.74) is 0.837. The molecular formula is C9H14N2O3S. The summed E-state index contributed by atoms with van der Waals surface area (Å²) < 4.78 is 21.9. The van der Waals surface area contributed by atoms with E-state index in [0.717, 1.165) is 5.56 Å². The Balaban J connectivity index is 2.82. The molecule has 0 aliphatic carbocycles. The molecule has 84 valence electrons. The molecule has 15 heavy (non-hydrogen) atoms. The number of primary sulfonamides is 1. The lowest BCUT2D eigenvalue weighted by Gasteiger charge is -2.08. The van der Waals surface area contributed by atoms with E-state index in [2.05, 4.69) is 5.32 Å². The van der Waals surface area contributed by atoms with Crippen LogP contribution >= 0.6 is 0 Å². The van der Waals surface area contributed by atoms with Crippen molar-refractivity contribution in [2.45, 2.75) is 17.5 Å². The minimum absolute atomic E-state index is 0.0743. The van der Waals surface area contributed by atoms with Crippen LogP contribution in [-0.4, -0.2) is 26.8 Å². The molecule has 0 aliphatic heterocycles. The quantitative estimate of drug-likeness (QED) is 0.603. The van der Waals surface area contributed by atoms with Crippen molar-refractivity contribution in [2.75, 3.05) is 7.05 Å². The van der Waals surface area contributed by atoms with Crippen LogP contribution in [0.4, 0.5) is 0 Å². The number of aliphatic hydroxyl groups is 1. The average Bonchev–Trinajstić information content (AvgIpc) is 2.17. The second-order valence-electron chi connectivity index (χ2n) is 3.20. The van der Waals surface area contributed by atoms with Gasteiger partial charge < -0.3 is 5.11 Å². The third-order valence-corrected chi connectivity index (χ3v) is 2.94. The number of aliphatic hydroxyl groups excluding tert-OH is 1. The Labute approximate surface area is 89.0 Å². The molecule has 0 radical (unpaired) electrons. The maximum Gasteiger partial charge on any atom is 0.238 e. The first-order chi connectivity index (χ1) is 6.93. The van der Waals surface area contributed by atoms with Gasteiger partial charge in [0.1, 0.15) is 6.23 Å². The SMILES string of the molecule is CNC(O)Cc1ccc(S(N)(=O)=O)cc1. The molecule has 5 nitrogen and oxygen atoms in total. The van der Waals surface area contributed by atoms with Crippen molar-refractivity contribution in [2.24, 2.45) is 5.14 Å². The van der Waals surface area contributed by atoms with Crippen LogP contribution in [0.15, 0.2) is 29.2 Å². The molecule has 0 saturated heterocycles. The molecule has 0 heterocycles. The number of hydrogen-bond acceptors (Lipinski definition) is 4. The maximum atomic E-state index is 10.9. The molecule has 0 aliphatic rings. The zero-order valence-electron chi connectivity index (χ0n) is 8.34. The van der Waals surface area contributed by atoms with Gasteiger partial charge in [0.25, 0.3) is 0 Å². The van der Waals surface area contributed by atoms with Crippen LogP contribution in [0.1, 0.15) is 5.56 Å². The van der Waals surface area contributed by atoms with Crippen molar-refractivity contribution in [3.63, 3.8) is 0 Å². The Morgan fingerprint density at radius 1 is 1.40 bits per heavy atom. The fourth-order valence-corrected chi connectivity index (χ4v) is 1.66. The van der Waals surface area contributed by atoms with Gasteiger partial charge in [0.05, 0.1) is 4.90 Å². The summed E-state index contributed by atoms with van der Waals surface area (Å²) in [6, 6.07) is 6.10. The fourth-order valence-electron chi connectivity index (χ4n) is 1.14. The molecule has 0 saturated carbocycles. The van der Waals surface area contributed by atoms with Crippen LogP contribution in [0.2, 0.25) is 0 Å². The van der Waals surface area contributed by atoms with Gasteiger partial charge in [-0.2, -0.15) is 0 Å². The lowest BCUT2D eigenvalue weighted by molar-refractivity contribution is 0.147. The smallest absolute Gasteiger partial charge is 0.238 e. The summed E-state index contributed by atoms with van der Waals surface area (Å²) in [6.45, 7) is 0. The summed E-state index contributed by atoms with van der Waals surface area (Å²) in [7, 11) is -1.99. The van der Waals surface area contributed by atoms with E-state index in [0.29, 0.717) is 6.42 Å². The van der Waals surface area contributed by atoms with Crippen molar-refractivity contribution >= 4 is 10.0 Å². The molecule has 1 unspecified atom stereocenters. The van der Waals surface area contributed by atoms with Crippen molar-refractivity contribution < 1.29 is 13.5 Å². The van der Waals surface area contributed by atoms with Crippen LogP contribution in [0.5, 0.6) is 0 Å². The van der Waals surface area contributed by atoms with Gasteiger partial charge in [0, 0.05) is 6.42 Å². The summed E-state index contributed by atoms with van der Waals surface area (Å²) in [5.74, 6) is 0. The summed E-state index contributed by atoms with van der Waals surface area (Å²) >= 11 is 0. The normalized spacial score (nSPS) is 13.8. The van der Waals surface area contributed by atoms with E-state index < -0.39 is 16.3 Å². The fraction of sp³-hybridized carbons (Fsp3) is 0.333. The molecule has 1 aromatic rings. The first-order valence-corrected chi connectivity index (χ1v) is 5.95. The molecule has 0 fully saturated rings. The molecule has 6 heteroatoms. The van der Waals surface area contributed by atoms with Crippen LogP contribution < -0.4 is 10.5 Å². The topological polar surface area (TPSA) is 92.4 Å². The minimum Gasteiger partial charge on any atom is -0.378 e. The second-order valence-corrected chi connectivity index (χ2v) is 4.76. The Morgan fingerprint density at radius 2 is 1.93 bits per heavy atom. The Bertz CT molecular complexity index is 413. The van der Waals surface area contributed by atoms with Crippen LogP contribution in [0, 0.1) is 0 Å². The summed E-state index contributed by atoms with van der Waals surface area (Å²) in [6.07, 6.45) is -0.216. The summed E-state index contributed by atoms with van der Waals surface area (Å²) in [5, 5.41) is 16.9. The molecule has 4 N–H and O–H groups in total. The monoisotopic (exact) mass is 230 g/mol. The number of likely N-dealkylation sites (N-methyl/N-ethyl adjacent to an activating group) is 1. The van der Waals surface area contributed by atoms with E-state index in [9.17, 15) is 13.5 Å². The van der Waals surface area contributed by atoms with E-state index in [4.69, 9.17) is 5.14 Å². The van der Waals surface area contributed by atoms with Gasteiger partial charge >= 0.3 is 0 Å². The number of sulfonamides is 1. The minimum atomic E-state index is -3.63. The van der Waals surface area contributed by atoms with Crippen molar-refractivity contribution in [3.05, 3.63) is 29.8 Å². The van der Waals surface area contributed by atoms with Crippen LogP contribution in [0.25, 0.3) is 0 Å². The highest BCUT2D eigenvalue weighted by molar-refractivity contribution is 7.89. The van der Waals surface area contributed by atoms with Crippen molar-refractivity contribution in [1.29, 1.82) is 0 Å². The molecule has 0 aromatic heterocycles. The number of rotatable bonds is 4. The van der Waals surface area contributed by atoms with E-state index in [1.807, 2.05) is 0 Å². The molecule has 1 atom stereocenters. The third kappa shape index (κ3) is 3.60. The standard InChI is InChI=1S/C9H14N2O3S/c1-11-9(12)6-7-2-4-8(5-3-7)15(10,13)14/h2-5,9,11-12H,6H2,1H3,(H2,10,13,14). The average molecular weight is 230 g/mol. The highest BCUT2D eigenvalue weighted by Gasteiger charge is 2.07. The van der Waals surface area contributed by atoms with Gasteiger partial charge in [0.2, 0.25) is 10.0 Å². The van der Waals surface area contributed by atoms with Crippen molar-refractivity contribution in [1.82, 2.24) is 5.32 Å². The van der Waals surface area contributed by atoms with Crippen molar-refractivity contribution in [3.8, 4) is 0 Å². The number of benzene rings is 1. The predicted octanol–water partition coefficient (Wildman–Crippen LogP) is -0.586. The Hall–Kier alpha value is -0.950. The molecule has 0 spiro atoms. The molecule has 1 aromatic carbocycles. The highest BCUT2D eigenvalue weighted by Crippen LogP contribution is 2.09. The van der Waals surface area contributed by atoms with Gasteiger partial charge in [0.15, 0.2) is 0 Å². The lowest BCUT2D eigenvalue weighted by atomic mass is 10.1. The zero-order valence-corrected chi connectivity index (χ0v) is 9.16. The number of hydrogen-bond donors (Lipinski definition) is 3. The Kier molecular flexibility index (Phi) is 3.81. The van der Waals surface area contributed by atoms with Crippen LogP contribution in [-0.2, 0) is 16.4 Å². The van der Waals surface area contributed by atoms with E-state index in [1.54, 1.807) is 19.2 Å². The zero-order chi connectivity index (χ0) is 11.5. The number of nitrogens with one attached hydrogen (secondary N) is 1. The predicted molar refractivity (Wildman–Crippen MR) is 56.6 cm³/mol. The largest absolute Gasteiger partial charge is 0.378 e. The molecule has 0 amide bonds. The first kappa shape index (κ1) is 12.1. The van der Waals surface area contributed by atoms with Gasteiger partial charge in [-0.3, -0.25) is 5.32 Å². The molecule has 1 rings (SSSR count). The van der Waals surface area contributed by atoms with Crippen LogP contribution in [0.3, 0.4) is 0 Å². The Morgan fingerprint density at radius 3 is 2.33 bits per heavy atom. The first-order valence-electron chi connectivity index (χ1n) is 4.40. The van der Waals surface area contributed by atoms with E-state index in [1.165, 1.54) is 12.1 Å². The van der Waals surface area contributed by atoms with Gasteiger partial charge in [-0.1, -0.05) is 12.1 Å². The number of nitrogens with two attached hydrogens (primary N) is 1. The summed E-state index contributed by atoms with van der Waals surface area (Å²) in [4.78, 5) is 0.0743. The van der Waals surface area contributed by atoms with E-state index in [-0.39, 0.29) is 4.90 Å². The van der Waals surface area contributed by atoms with E-state index >= 15 is 0 Å². The lowest BCUT2D eigenvalue weighted by Crippen LogP contribution is -2.26.